The van der Waals surface area contributed by atoms with Gasteiger partial charge in [0.15, 0.2) is 0 Å². The van der Waals surface area contributed by atoms with Gasteiger partial charge in [0.25, 0.3) is 5.56 Å². The average Bonchev–Trinajstić information content (AvgIpc) is 2.38. The number of hydrogen-bond acceptors (Lipinski definition) is 2. The third kappa shape index (κ3) is 2.83. The Balaban J connectivity index is 2.46. The minimum Gasteiger partial charge on any atom is -0.393 e. The van der Waals surface area contributed by atoms with Crippen LogP contribution in [0.15, 0.2) is 23.0 Å². The van der Waals surface area contributed by atoms with Gasteiger partial charge >= 0.3 is 0 Å². The van der Waals surface area contributed by atoms with Gasteiger partial charge in [0.1, 0.15) is 0 Å². The zero-order valence-corrected chi connectivity index (χ0v) is 13.1. The van der Waals surface area contributed by atoms with Crippen molar-refractivity contribution in [2.45, 2.75) is 65.5 Å². The van der Waals surface area contributed by atoms with Crippen LogP contribution >= 0.6 is 0 Å². The highest BCUT2D eigenvalue weighted by molar-refractivity contribution is 5.08. The highest BCUT2D eigenvalue weighted by atomic mass is 16.3. The first kappa shape index (κ1) is 15.3. The van der Waals surface area contributed by atoms with Crippen LogP contribution in [0.1, 0.15) is 58.2 Å². The first-order chi connectivity index (χ1) is 9.36. The number of aliphatic hydroxyl groups is 1. The molecule has 0 radical (unpaired) electrons. The maximum absolute atomic E-state index is 12.3. The summed E-state index contributed by atoms with van der Waals surface area (Å²) in [4.78, 5) is 12.3. The molecule has 0 amide bonds. The Hall–Kier alpha value is -1.09. The summed E-state index contributed by atoms with van der Waals surface area (Å²) in [6.07, 6.45) is 3.35. The lowest BCUT2D eigenvalue weighted by molar-refractivity contribution is 0.0197. The highest BCUT2D eigenvalue weighted by Crippen LogP contribution is 2.46. The molecule has 0 aliphatic heterocycles. The molecule has 1 aliphatic rings. The third-order valence-corrected chi connectivity index (χ3v) is 5.23. The average molecular weight is 277 g/mol. The van der Waals surface area contributed by atoms with E-state index in [0.29, 0.717) is 12.3 Å². The quantitative estimate of drug-likeness (QED) is 0.921. The fraction of sp³-hybridized carbons (Fsp3) is 0.706. The molecule has 3 nitrogen and oxygen atoms in total. The summed E-state index contributed by atoms with van der Waals surface area (Å²) in [5, 5.41) is 10.1. The standard InChI is InChI=1S/C17H27NO2/c1-5-17(3,4)14-10-9-13(19)11-15(14)18-12(2)7-6-8-16(18)20/h6-8,13-15,19H,5,9-11H2,1-4H3. The molecule has 0 aromatic carbocycles. The van der Waals surface area contributed by atoms with Crippen molar-refractivity contribution in [3.05, 3.63) is 34.2 Å². The summed E-state index contributed by atoms with van der Waals surface area (Å²) in [6.45, 7) is 8.76. The molecular formula is C17H27NO2. The monoisotopic (exact) mass is 277 g/mol. The zero-order valence-electron chi connectivity index (χ0n) is 13.1. The van der Waals surface area contributed by atoms with Crippen LogP contribution in [0, 0.1) is 18.3 Å². The SMILES string of the molecule is CCC(C)(C)C1CCC(O)CC1n1c(C)cccc1=O. The van der Waals surface area contributed by atoms with Crippen LogP contribution in [0.5, 0.6) is 0 Å². The van der Waals surface area contributed by atoms with E-state index in [0.717, 1.165) is 25.0 Å². The third-order valence-electron chi connectivity index (χ3n) is 5.23. The molecule has 2 rings (SSSR count). The van der Waals surface area contributed by atoms with Crippen LogP contribution in [-0.2, 0) is 0 Å². The molecule has 1 fully saturated rings. The van der Waals surface area contributed by atoms with E-state index in [1.807, 2.05) is 23.6 Å². The van der Waals surface area contributed by atoms with Crippen LogP contribution in [0.25, 0.3) is 0 Å². The Morgan fingerprint density at radius 3 is 2.65 bits per heavy atom. The Kier molecular flexibility index (Phi) is 4.38. The van der Waals surface area contributed by atoms with E-state index in [1.165, 1.54) is 0 Å². The van der Waals surface area contributed by atoms with Crippen LogP contribution in [0.4, 0.5) is 0 Å². The molecular weight excluding hydrogens is 250 g/mol. The normalized spacial score (nSPS) is 27.6. The van der Waals surface area contributed by atoms with Gasteiger partial charge in [0.05, 0.1) is 6.10 Å². The Bertz CT molecular complexity index is 518. The lowest BCUT2D eigenvalue weighted by Gasteiger charge is -2.44. The fourth-order valence-corrected chi connectivity index (χ4v) is 3.61. The topological polar surface area (TPSA) is 42.2 Å². The largest absolute Gasteiger partial charge is 0.393 e. The zero-order chi connectivity index (χ0) is 14.9. The maximum atomic E-state index is 12.3. The smallest absolute Gasteiger partial charge is 0.250 e. The molecule has 1 aliphatic carbocycles. The van der Waals surface area contributed by atoms with Crippen molar-refractivity contribution >= 4 is 0 Å². The predicted octanol–water partition coefficient (Wildman–Crippen LogP) is 3.30. The summed E-state index contributed by atoms with van der Waals surface area (Å²) >= 11 is 0. The lowest BCUT2D eigenvalue weighted by atomic mass is 9.66. The number of nitrogens with zero attached hydrogens (tertiary/aromatic N) is 1. The number of aliphatic hydroxyl groups excluding tert-OH is 1. The molecule has 0 saturated heterocycles. The van der Waals surface area contributed by atoms with Crippen molar-refractivity contribution in [3.8, 4) is 0 Å². The maximum Gasteiger partial charge on any atom is 0.250 e. The van der Waals surface area contributed by atoms with Crippen molar-refractivity contribution in [1.29, 1.82) is 0 Å². The second kappa shape index (κ2) is 5.72. The number of hydrogen-bond donors (Lipinski definition) is 1. The Morgan fingerprint density at radius 1 is 1.35 bits per heavy atom. The number of rotatable bonds is 3. The van der Waals surface area contributed by atoms with Gasteiger partial charge in [-0.3, -0.25) is 4.79 Å². The second-order valence-corrected chi connectivity index (χ2v) is 6.86. The number of pyridine rings is 1. The summed E-state index contributed by atoms with van der Waals surface area (Å²) in [6, 6.07) is 5.54. The molecule has 3 unspecified atom stereocenters. The van der Waals surface area contributed by atoms with Gasteiger partial charge in [-0.2, -0.15) is 0 Å². The van der Waals surface area contributed by atoms with Crippen LogP contribution in [0.3, 0.4) is 0 Å². The van der Waals surface area contributed by atoms with Crippen LogP contribution in [-0.4, -0.2) is 15.8 Å². The van der Waals surface area contributed by atoms with E-state index in [4.69, 9.17) is 0 Å². The molecule has 1 heterocycles. The van der Waals surface area contributed by atoms with Crippen molar-refractivity contribution in [2.24, 2.45) is 11.3 Å². The summed E-state index contributed by atoms with van der Waals surface area (Å²) in [7, 11) is 0. The van der Waals surface area contributed by atoms with Gasteiger partial charge in [-0.1, -0.05) is 33.3 Å². The van der Waals surface area contributed by atoms with E-state index < -0.39 is 0 Å². The van der Waals surface area contributed by atoms with E-state index in [1.54, 1.807) is 6.07 Å². The fourth-order valence-electron chi connectivity index (χ4n) is 3.61. The van der Waals surface area contributed by atoms with Crippen molar-refractivity contribution in [1.82, 2.24) is 4.57 Å². The van der Waals surface area contributed by atoms with E-state index in [-0.39, 0.29) is 23.1 Å². The van der Waals surface area contributed by atoms with Crippen molar-refractivity contribution < 1.29 is 5.11 Å². The molecule has 1 N–H and O–H groups in total. The molecule has 112 valence electrons. The van der Waals surface area contributed by atoms with E-state index in [9.17, 15) is 9.90 Å². The number of aryl methyl sites for hydroxylation is 1. The number of aromatic nitrogens is 1. The molecule has 1 saturated carbocycles. The van der Waals surface area contributed by atoms with Crippen molar-refractivity contribution in [3.63, 3.8) is 0 Å². The Morgan fingerprint density at radius 2 is 2.05 bits per heavy atom. The van der Waals surface area contributed by atoms with Crippen LogP contribution < -0.4 is 5.56 Å². The van der Waals surface area contributed by atoms with Crippen LogP contribution in [0.2, 0.25) is 0 Å². The summed E-state index contributed by atoms with van der Waals surface area (Å²) in [5.41, 5.74) is 1.24. The van der Waals surface area contributed by atoms with Gasteiger partial charge in [0, 0.05) is 17.8 Å². The first-order valence-corrected chi connectivity index (χ1v) is 7.73. The molecule has 1 aromatic rings. The summed E-state index contributed by atoms with van der Waals surface area (Å²) in [5.74, 6) is 0.440. The van der Waals surface area contributed by atoms with Gasteiger partial charge in [-0.15, -0.1) is 0 Å². The van der Waals surface area contributed by atoms with E-state index >= 15 is 0 Å². The molecule has 0 bridgehead atoms. The molecule has 1 aromatic heterocycles. The molecule has 3 atom stereocenters. The molecule has 20 heavy (non-hydrogen) atoms. The Labute approximate surface area is 121 Å². The molecule has 3 heteroatoms. The van der Waals surface area contributed by atoms with Gasteiger partial charge < -0.3 is 9.67 Å². The van der Waals surface area contributed by atoms with Gasteiger partial charge in [-0.25, -0.2) is 0 Å². The van der Waals surface area contributed by atoms with Gasteiger partial charge in [0.2, 0.25) is 0 Å². The second-order valence-electron chi connectivity index (χ2n) is 6.86. The predicted molar refractivity (Wildman–Crippen MR) is 81.9 cm³/mol. The minimum absolute atomic E-state index is 0.0565. The minimum atomic E-state index is -0.282. The first-order valence-electron chi connectivity index (χ1n) is 7.73. The lowest BCUT2D eigenvalue weighted by Crippen LogP contribution is -2.42. The van der Waals surface area contributed by atoms with E-state index in [2.05, 4.69) is 20.8 Å². The van der Waals surface area contributed by atoms with Gasteiger partial charge in [-0.05, 0) is 43.6 Å². The highest BCUT2D eigenvalue weighted by Gasteiger charge is 2.40. The molecule has 0 spiro atoms. The van der Waals surface area contributed by atoms with Crippen molar-refractivity contribution in [2.75, 3.05) is 0 Å². The summed E-state index contributed by atoms with van der Waals surface area (Å²) < 4.78 is 1.91.